The van der Waals surface area contributed by atoms with Crippen molar-refractivity contribution in [2.75, 3.05) is 29.4 Å². The van der Waals surface area contributed by atoms with E-state index in [4.69, 9.17) is 4.74 Å². The number of morpholine rings is 1. The Morgan fingerprint density at radius 3 is 2.12 bits per heavy atom. The number of hydrogen-bond acceptors (Lipinski definition) is 6. The highest BCUT2D eigenvalue weighted by atomic mass is 32.2. The van der Waals surface area contributed by atoms with Crippen molar-refractivity contribution in [3.63, 3.8) is 0 Å². The Labute approximate surface area is 196 Å². The lowest BCUT2D eigenvalue weighted by Gasteiger charge is -2.37. The van der Waals surface area contributed by atoms with Crippen LogP contribution in [-0.2, 0) is 14.9 Å². The van der Waals surface area contributed by atoms with E-state index < -0.39 is 33.2 Å². The van der Waals surface area contributed by atoms with E-state index in [9.17, 15) is 26.4 Å². The minimum Gasteiger partial charge on any atom is -0.376 e. The fraction of sp³-hybridized carbons (Fsp3) is 0.435. The van der Waals surface area contributed by atoms with Gasteiger partial charge >= 0.3 is 15.6 Å². The van der Waals surface area contributed by atoms with Crippen LogP contribution in [0.2, 0.25) is 0 Å². The molecule has 2 aromatic carbocycles. The molecule has 0 bridgehead atoms. The third-order valence-electron chi connectivity index (χ3n) is 5.92. The summed E-state index contributed by atoms with van der Waals surface area (Å²) in [5, 5.41) is 0. The summed E-state index contributed by atoms with van der Waals surface area (Å²) in [4.78, 5) is 17.0. The van der Waals surface area contributed by atoms with E-state index in [0.29, 0.717) is 5.69 Å². The lowest BCUT2D eigenvalue weighted by atomic mass is 9.89. The summed E-state index contributed by atoms with van der Waals surface area (Å²) in [6.45, 7) is 7.39. The number of amides is 1. The van der Waals surface area contributed by atoms with Crippen molar-refractivity contribution in [3.8, 4) is 5.75 Å². The molecule has 2 aliphatic rings. The van der Waals surface area contributed by atoms with Gasteiger partial charge in [-0.25, -0.2) is 0 Å². The Morgan fingerprint density at radius 2 is 1.53 bits per heavy atom. The second-order valence-electron chi connectivity index (χ2n) is 8.70. The minimum atomic E-state index is -5.85. The molecule has 2 aliphatic heterocycles. The molecule has 2 aromatic rings. The van der Waals surface area contributed by atoms with Gasteiger partial charge in [0.05, 0.1) is 12.2 Å². The number of nitrogens with zero attached hydrogens (tertiary/aromatic N) is 2. The Hall–Kier alpha value is -2.79. The van der Waals surface area contributed by atoms with Gasteiger partial charge in [0.25, 0.3) is 5.91 Å². The molecule has 4 rings (SSSR count). The number of alkyl halides is 3. The quantitative estimate of drug-likeness (QED) is 0.463. The lowest BCUT2D eigenvalue weighted by Crippen LogP contribution is -2.45. The summed E-state index contributed by atoms with van der Waals surface area (Å²) in [6.07, 6.45) is 0.198. The summed E-state index contributed by atoms with van der Waals surface area (Å²) in [6, 6.07) is 11.4. The Kier molecular flexibility index (Phi) is 6.28. The van der Waals surface area contributed by atoms with Crippen LogP contribution in [0.5, 0.6) is 5.75 Å². The topological polar surface area (TPSA) is 76.2 Å². The summed E-state index contributed by atoms with van der Waals surface area (Å²) in [5.74, 6) is -1.39. The SMILES string of the molecule is CC1CN(c2ccc(N3C[C@@H](C)O[C@@H](C)C3)cc2)C(=O)c2cccc(OS(=O)(=O)C(F)(F)F)c21. The molecular formula is C23H25F3N2O5S. The monoisotopic (exact) mass is 498 g/mol. The molecule has 1 fully saturated rings. The maximum absolute atomic E-state index is 13.2. The van der Waals surface area contributed by atoms with Crippen LogP contribution in [-0.4, -0.2) is 51.7 Å². The van der Waals surface area contributed by atoms with Gasteiger partial charge in [0.1, 0.15) is 5.75 Å². The van der Waals surface area contributed by atoms with Gasteiger partial charge in [0.15, 0.2) is 0 Å². The van der Waals surface area contributed by atoms with Crippen molar-refractivity contribution in [1.29, 1.82) is 0 Å². The fourth-order valence-corrected chi connectivity index (χ4v) is 5.00. The van der Waals surface area contributed by atoms with Gasteiger partial charge in [-0.05, 0) is 50.2 Å². The number of carbonyl (C=O) groups excluding carboxylic acids is 1. The first-order valence-corrected chi connectivity index (χ1v) is 12.2. The van der Waals surface area contributed by atoms with Crippen LogP contribution in [0.3, 0.4) is 0 Å². The number of anilines is 2. The van der Waals surface area contributed by atoms with Gasteiger partial charge in [-0.3, -0.25) is 4.79 Å². The first-order valence-electron chi connectivity index (χ1n) is 10.8. The number of ether oxygens (including phenoxy) is 1. The maximum atomic E-state index is 13.2. The zero-order valence-corrected chi connectivity index (χ0v) is 19.7. The van der Waals surface area contributed by atoms with Gasteiger partial charge in [-0.1, -0.05) is 13.0 Å². The highest BCUT2D eigenvalue weighted by molar-refractivity contribution is 7.88. The van der Waals surface area contributed by atoms with Crippen molar-refractivity contribution >= 4 is 27.4 Å². The van der Waals surface area contributed by atoms with E-state index in [1.54, 1.807) is 6.92 Å². The van der Waals surface area contributed by atoms with Gasteiger partial charge in [-0.2, -0.15) is 21.6 Å². The maximum Gasteiger partial charge on any atom is 0.534 e. The molecule has 34 heavy (non-hydrogen) atoms. The Morgan fingerprint density at radius 1 is 0.941 bits per heavy atom. The summed E-state index contributed by atoms with van der Waals surface area (Å²) in [5.41, 5.74) is -3.69. The van der Waals surface area contributed by atoms with E-state index >= 15 is 0 Å². The molecule has 11 heteroatoms. The number of carbonyl (C=O) groups is 1. The second kappa shape index (κ2) is 8.77. The van der Waals surface area contributed by atoms with Crippen LogP contribution in [0.4, 0.5) is 24.5 Å². The Bertz CT molecular complexity index is 1170. The van der Waals surface area contributed by atoms with E-state index in [1.165, 1.54) is 17.0 Å². The van der Waals surface area contributed by atoms with Gasteiger partial charge in [0.2, 0.25) is 0 Å². The van der Waals surface area contributed by atoms with Gasteiger partial charge in [-0.15, -0.1) is 0 Å². The normalized spacial score (nSPS) is 23.6. The van der Waals surface area contributed by atoms with Crippen LogP contribution >= 0.6 is 0 Å². The number of benzene rings is 2. The van der Waals surface area contributed by atoms with Crippen molar-refractivity contribution in [2.24, 2.45) is 0 Å². The summed E-state index contributed by atoms with van der Waals surface area (Å²) < 4.78 is 71.7. The molecule has 0 N–H and O–H groups in total. The van der Waals surface area contributed by atoms with Crippen molar-refractivity contribution < 1.29 is 35.3 Å². The van der Waals surface area contributed by atoms with Gasteiger partial charge < -0.3 is 18.7 Å². The van der Waals surface area contributed by atoms with Crippen molar-refractivity contribution in [1.82, 2.24) is 0 Å². The first kappa shape index (κ1) is 24.3. The Balaban J connectivity index is 1.60. The molecule has 2 heterocycles. The number of hydrogen-bond donors (Lipinski definition) is 0. The molecule has 184 valence electrons. The summed E-state index contributed by atoms with van der Waals surface area (Å²) in [7, 11) is -5.85. The van der Waals surface area contributed by atoms with Crippen LogP contribution in [0.1, 0.15) is 42.6 Å². The highest BCUT2D eigenvalue weighted by Gasteiger charge is 2.49. The smallest absolute Gasteiger partial charge is 0.376 e. The highest BCUT2D eigenvalue weighted by Crippen LogP contribution is 2.39. The molecule has 0 aliphatic carbocycles. The second-order valence-corrected chi connectivity index (χ2v) is 10.2. The van der Waals surface area contributed by atoms with Crippen molar-refractivity contribution in [2.45, 2.75) is 44.4 Å². The zero-order chi connectivity index (χ0) is 24.8. The van der Waals surface area contributed by atoms with Crippen LogP contribution in [0.25, 0.3) is 0 Å². The van der Waals surface area contributed by atoms with Crippen LogP contribution in [0, 0.1) is 0 Å². The third-order valence-corrected chi connectivity index (χ3v) is 6.89. The third kappa shape index (κ3) is 4.58. The van der Waals surface area contributed by atoms with Gasteiger partial charge in [0, 0.05) is 48.1 Å². The number of fused-ring (bicyclic) bond motifs is 1. The molecule has 0 radical (unpaired) electrons. The van der Waals surface area contributed by atoms with Crippen LogP contribution < -0.4 is 14.0 Å². The number of halogens is 3. The number of rotatable bonds is 4. The standard InChI is InChI=1S/C23H25F3N2O5S/c1-14-11-28(18-9-7-17(8-10-18)27-12-15(2)32-16(3)13-27)22(29)19-5-4-6-20(21(14)19)33-34(30,31)23(24,25)26/h4-10,14-16H,11-13H2,1-3H3/t14?,15-,16+. The molecule has 0 saturated carbocycles. The minimum absolute atomic E-state index is 0.0991. The molecular weight excluding hydrogens is 473 g/mol. The average Bonchev–Trinajstić information content (AvgIpc) is 2.74. The molecule has 0 aromatic heterocycles. The predicted octanol–water partition coefficient (Wildman–Crippen LogP) is 4.29. The molecule has 1 amide bonds. The lowest BCUT2D eigenvalue weighted by molar-refractivity contribution is -0.0500. The fourth-order valence-electron chi connectivity index (χ4n) is 4.53. The summed E-state index contributed by atoms with van der Waals surface area (Å²) >= 11 is 0. The average molecular weight is 499 g/mol. The van der Waals surface area contributed by atoms with E-state index in [-0.39, 0.29) is 29.9 Å². The largest absolute Gasteiger partial charge is 0.534 e. The first-order chi connectivity index (χ1) is 15.9. The van der Waals surface area contributed by atoms with Crippen LogP contribution in [0.15, 0.2) is 42.5 Å². The van der Waals surface area contributed by atoms with E-state index in [1.807, 2.05) is 38.1 Å². The molecule has 7 nitrogen and oxygen atoms in total. The van der Waals surface area contributed by atoms with E-state index in [2.05, 4.69) is 9.08 Å². The van der Waals surface area contributed by atoms with Crippen molar-refractivity contribution in [3.05, 3.63) is 53.6 Å². The molecule has 3 atom stereocenters. The zero-order valence-electron chi connectivity index (χ0n) is 18.9. The molecule has 1 saturated heterocycles. The molecule has 1 unspecified atom stereocenters. The molecule has 0 spiro atoms. The predicted molar refractivity (Wildman–Crippen MR) is 121 cm³/mol. The van der Waals surface area contributed by atoms with E-state index in [0.717, 1.165) is 24.8 Å².